The van der Waals surface area contributed by atoms with Crippen molar-refractivity contribution in [1.29, 1.82) is 0 Å². The normalized spacial score (nSPS) is 18.3. The quantitative estimate of drug-likeness (QED) is 0.571. The lowest BCUT2D eigenvalue weighted by atomic mass is 10.1. The number of nitrogens with two attached hydrogens (primary N) is 1. The molecule has 2 amide bonds. The van der Waals surface area contributed by atoms with Gasteiger partial charge >= 0.3 is 0 Å². The van der Waals surface area contributed by atoms with Gasteiger partial charge < -0.3 is 26.2 Å². The largest absolute Gasteiger partial charge is 0.365 e. The maximum Gasteiger partial charge on any atom is 0.252 e. The average Bonchev–Trinajstić information content (AvgIpc) is 3.28. The third-order valence-corrected chi connectivity index (χ3v) is 5.88. The number of rotatable bonds is 7. The number of carbonyl (C=O) groups excluding carboxylic acids is 2. The smallest absolute Gasteiger partial charge is 0.252 e. The third-order valence-electron chi connectivity index (χ3n) is 5.88. The van der Waals surface area contributed by atoms with Crippen LogP contribution >= 0.6 is 0 Å². The second kappa shape index (κ2) is 9.67. The molecular weight excluding hydrogens is 406 g/mol. The van der Waals surface area contributed by atoms with Gasteiger partial charge in [0.15, 0.2) is 0 Å². The van der Waals surface area contributed by atoms with Crippen LogP contribution in [-0.4, -0.2) is 54.0 Å². The van der Waals surface area contributed by atoms with Crippen LogP contribution in [0.1, 0.15) is 36.0 Å². The molecule has 2 aromatic heterocycles. The van der Waals surface area contributed by atoms with Crippen LogP contribution in [0.25, 0.3) is 0 Å². The number of pyridine rings is 2. The lowest BCUT2D eigenvalue weighted by Gasteiger charge is -2.27. The molecule has 1 unspecified atom stereocenters. The van der Waals surface area contributed by atoms with E-state index in [4.69, 9.17) is 5.73 Å². The molecule has 0 spiro atoms. The molecule has 2 aromatic rings. The lowest BCUT2D eigenvalue weighted by molar-refractivity contribution is -0.117. The maximum atomic E-state index is 12.0. The van der Waals surface area contributed by atoms with Crippen molar-refractivity contribution in [2.24, 2.45) is 5.73 Å². The monoisotopic (exact) mass is 435 g/mol. The van der Waals surface area contributed by atoms with E-state index in [9.17, 15) is 9.59 Å². The highest BCUT2D eigenvalue weighted by molar-refractivity contribution is 5.98. The Morgan fingerprint density at radius 3 is 2.53 bits per heavy atom. The van der Waals surface area contributed by atoms with Crippen molar-refractivity contribution in [2.75, 3.05) is 41.3 Å². The highest BCUT2D eigenvalue weighted by Gasteiger charge is 2.25. The molecule has 9 nitrogen and oxygen atoms in total. The van der Waals surface area contributed by atoms with Gasteiger partial charge in [-0.05, 0) is 56.0 Å². The first-order valence-electron chi connectivity index (χ1n) is 11.0. The van der Waals surface area contributed by atoms with Crippen molar-refractivity contribution >= 4 is 35.0 Å². The first-order chi connectivity index (χ1) is 15.5. The van der Waals surface area contributed by atoms with Gasteiger partial charge in [-0.25, -0.2) is 9.97 Å². The van der Waals surface area contributed by atoms with Crippen LogP contribution in [0.5, 0.6) is 0 Å². The number of amides is 2. The highest BCUT2D eigenvalue weighted by Crippen LogP contribution is 2.26. The van der Waals surface area contributed by atoms with Gasteiger partial charge in [0.1, 0.15) is 17.5 Å². The van der Waals surface area contributed by atoms with E-state index in [1.165, 1.54) is 25.3 Å². The van der Waals surface area contributed by atoms with E-state index in [0.717, 1.165) is 37.6 Å². The zero-order chi connectivity index (χ0) is 22.5. The summed E-state index contributed by atoms with van der Waals surface area (Å²) in [7, 11) is 0. The van der Waals surface area contributed by atoms with Crippen LogP contribution in [0, 0.1) is 0 Å². The fraction of sp³-hybridized carbons (Fsp3) is 0.391. The van der Waals surface area contributed by atoms with Crippen molar-refractivity contribution < 1.29 is 9.59 Å². The minimum absolute atomic E-state index is 0.0288. The van der Waals surface area contributed by atoms with E-state index in [-0.39, 0.29) is 11.9 Å². The maximum absolute atomic E-state index is 12.0. The first-order valence-corrected chi connectivity index (χ1v) is 11.0. The second-order valence-electron chi connectivity index (χ2n) is 8.15. The average molecular weight is 436 g/mol. The summed E-state index contributed by atoms with van der Waals surface area (Å²) >= 11 is 0. The number of nitrogens with one attached hydrogen (secondary N) is 2. The Kier molecular flexibility index (Phi) is 6.53. The summed E-state index contributed by atoms with van der Waals surface area (Å²) in [5.74, 6) is 1.32. The van der Waals surface area contributed by atoms with Gasteiger partial charge in [0.25, 0.3) is 5.91 Å². The molecule has 9 heteroatoms. The first kappa shape index (κ1) is 21.6. The topological polar surface area (TPSA) is 116 Å². The Hall–Kier alpha value is -3.62. The minimum atomic E-state index is -0.554. The zero-order valence-electron chi connectivity index (χ0n) is 18.1. The van der Waals surface area contributed by atoms with E-state index in [1.54, 1.807) is 18.3 Å². The van der Waals surface area contributed by atoms with E-state index >= 15 is 0 Å². The van der Waals surface area contributed by atoms with Crippen LogP contribution < -0.4 is 26.2 Å². The molecular formula is C23H29N7O2. The molecule has 4 N–H and O–H groups in total. The molecule has 2 aliphatic heterocycles. The van der Waals surface area contributed by atoms with Gasteiger partial charge in [0.2, 0.25) is 5.91 Å². The Balaban J connectivity index is 1.49. The number of carbonyl (C=O) groups is 2. The van der Waals surface area contributed by atoms with E-state index < -0.39 is 5.91 Å². The second-order valence-corrected chi connectivity index (χ2v) is 8.15. The molecule has 2 fully saturated rings. The summed E-state index contributed by atoms with van der Waals surface area (Å²) < 4.78 is 0. The minimum Gasteiger partial charge on any atom is -0.365 e. The number of hydrogen-bond acceptors (Lipinski definition) is 7. The number of aromatic nitrogens is 2. The summed E-state index contributed by atoms with van der Waals surface area (Å²) in [4.78, 5) is 37.1. The number of nitrogens with zero attached hydrogens (tertiary/aromatic N) is 4. The van der Waals surface area contributed by atoms with E-state index in [0.29, 0.717) is 23.7 Å². The molecule has 4 heterocycles. The van der Waals surface area contributed by atoms with Crippen LogP contribution in [0.3, 0.4) is 0 Å². The van der Waals surface area contributed by atoms with Gasteiger partial charge in [-0.3, -0.25) is 9.59 Å². The molecule has 0 saturated carbocycles. The van der Waals surface area contributed by atoms with Gasteiger partial charge in [-0.1, -0.05) is 6.58 Å². The lowest BCUT2D eigenvalue weighted by Crippen LogP contribution is -2.36. The molecule has 2 aliphatic rings. The Labute approximate surface area is 187 Å². The van der Waals surface area contributed by atoms with Crippen molar-refractivity contribution in [1.82, 2.24) is 15.3 Å². The summed E-state index contributed by atoms with van der Waals surface area (Å²) in [5.41, 5.74) is 6.62. The van der Waals surface area contributed by atoms with E-state index in [2.05, 4.69) is 37.0 Å². The van der Waals surface area contributed by atoms with Gasteiger partial charge in [-0.15, -0.1) is 0 Å². The van der Waals surface area contributed by atoms with Gasteiger partial charge in [0, 0.05) is 32.2 Å². The standard InChI is InChI=1S/C23H29N7O2/c1-2-21(31)26-17-10-13-30(15-17)20-9-7-18(22(24)32)23(28-20)27-16-6-8-19(25-14-16)29-11-4-3-5-12-29/h2,6-9,14,17H,1,3-5,10-13,15H2,(H2,24,32)(H,26,31)(H,27,28). The number of hydrogen-bond donors (Lipinski definition) is 3. The molecule has 0 radical (unpaired) electrons. The van der Waals surface area contributed by atoms with Crippen LogP contribution in [0.15, 0.2) is 43.1 Å². The predicted molar refractivity (Wildman–Crippen MR) is 125 cm³/mol. The number of piperidine rings is 1. The summed E-state index contributed by atoms with van der Waals surface area (Å²) in [5, 5.41) is 6.11. The van der Waals surface area contributed by atoms with Crippen LogP contribution in [0.2, 0.25) is 0 Å². The number of primary amides is 1. The third kappa shape index (κ3) is 4.99. The summed E-state index contributed by atoms with van der Waals surface area (Å²) in [6.45, 7) is 6.93. The van der Waals surface area contributed by atoms with E-state index in [1.807, 2.05) is 12.1 Å². The van der Waals surface area contributed by atoms with Crippen LogP contribution in [-0.2, 0) is 4.79 Å². The zero-order valence-corrected chi connectivity index (χ0v) is 18.1. The van der Waals surface area contributed by atoms with Gasteiger partial charge in [-0.2, -0.15) is 0 Å². The van der Waals surface area contributed by atoms with Gasteiger partial charge in [0.05, 0.1) is 17.4 Å². The van der Waals surface area contributed by atoms with Crippen molar-refractivity contribution in [2.45, 2.75) is 31.7 Å². The molecule has 4 rings (SSSR count). The number of anilines is 4. The molecule has 2 saturated heterocycles. The molecule has 0 bridgehead atoms. The Bertz CT molecular complexity index is 986. The van der Waals surface area contributed by atoms with Crippen LogP contribution in [0.4, 0.5) is 23.1 Å². The fourth-order valence-electron chi connectivity index (χ4n) is 4.17. The Morgan fingerprint density at radius 2 is 1.84 bits per heavy atom. The highest BCUT2D eigenvalue weighted by atomic mass is 16.1. The SMILES string of the molecule is C=CC(=O)NC1CCN(c2ccc(C(N)=O)c(Nc3ccc(N4CCCCC4)nc3)n2)C1. The molecule has 168 valence electrons. The molecule has 0 aliphatic carbocycles. The fourth-order valence-corrected chi connectivity index (χ4v) is 4.17. The molecule has 1 atom stereocenters. The van der Waals surface area contributed by atoms with Crippen molar-refractivity contribution in [3.63, 3.8) is 0 Å². The summed E-state index contributed by atoms with van der Waals surface area (Å²) in [6, 6.07) is 7.40. The molecule has 0 aromatic carbocycles. The molecule has 32 heavy (non-hydrogen) atoms. The van der Waals surface area contributed by atoms with Crippen molar-refractivity contribution in [3.05, 3.63) is 48.7 Å². The predicted octanol–water partition coefficient (Wildman–Crippen LogP) is 2.19. The Morgan fingerprint density at radius 1 is 1.06 bits per heavy atom. The van der Waals surface area contributed by atoms with Crippen molar-refractivity contribution in [3.8, 4) is 0 Å². The summed E-state index contributed by atoms with van der Waals surface area (Å²) in [6.07, 6.45) is 7.48.